The van der Waals surface area contributed by atoms with Gasteiger partial charge in [0, 0.05) is 12.6 Å². The molecule has 3 nitrogen and oxygen atoms in total. The standard InChI is InChI=1S/C14H24N2OS/c1-5-11-12(14(3,4)17)18-13(15-11)16-9-7-6-8-10(16)2/h10,17H,5-9H2,1-4H3. The van der Waals surface area contributed by atoms with Crippen molar-refractivity contribution >= 4 is 16.5 Å². The maximum atomic E-state index is 10.2. The average molecular weight is 268 g/mol. The number of hydrogen-bond acceptors (Lipinski definition) is 4. The lowest BCUT2D eigenvalue weighted by Crippen LogP contribution is -2.37. The molecule has 102 valence electrons. The van der Waals surface area contributed by atoms with Gasteiger partial charge in [0.1, 0.15) is 0 Å². The first-order valence-corrected chi connectivity index (χ1v) is 7.74. The molecule has 2 heterocycles. The van der Waals surface area contributed by atoms with E-state index in [1.54, 1.807) is 11.3 Å². The monoisotopic (exact) mass is 268 g/mol. The summed E-state index contributed by atoms with van der Waals surface area (Å²) in [7, 11) is 0. The van der Waals surface area contributed by atoms with Crippen molar-refractivity contribution in [2.24, 2.45) is 0 Å². The van der Waals surface area contributed by atoms with E-state index < -0.39 is 5.60 Å². The second-order valence-corrected chi connectivity index (χ2v) is 6.70. The molecule has 0 saturated carbocycles. The highest BCUT2D eigenvalue weighted by Crippen LogP contribution is 2.36. The number of anilines is 1. The number of thiazole rings is 1. The molecular weight excluding hydrogens is 244 g/mol. The molecule has 1 aliphatic heterocycles. The summed E-state index contributed by atoms with van der Waals surface area (Å²) in [6.45, 7) is 9.18. The smallest absolute Gasteiger partial charge is 0.186 e. The fourth-order valence-corrected chi connectivity index (χ4v) is 3.85. The van der Waals surface area contributed by atoms with Gasteiger partial charge in [-0.25, -0.2) is 4.98 Å². The maximum absolute atomic E-state index is 10.2. The highest BCUT2D eigenvalue weighted by atomic mass is 32.1. The summed E-state index contributed by atoms with van der Waals surface area (Å²) in [6, 6.07) is 0.573. The Labute approximate surface area is 114 Å². The van der Waals surface area contributed by atoms with Crippen LogP contribution in [0.2, 0.25) is 0 Å². The van der Waals surface area contributed by atoms with E-state index in [-0.39, 0.29) is 0 Å². The summed E-state index contributed by atoms with van der Waals surface area (Å²) < 4.78 is 0. The Morgan fingerprint density at radius 3 is 2.67 bits per heavy atom. The van der Waals surface area contributed by atoms with Gasteiger partial charge >= 0.3 is 0 Å². The lowest BCUT2D eigenvalue weighted by atomic mass is 10.0. The number of piperidine rings is 1. The van der Waals surface area contributed by atoms with Crippen molar-refractivity contribution in [3.63, 3.8) is 0 Å². The number of rotatable bonds is 3. The Morgan fingerprint density at radius 2 is 2.17 bits per heavy atom. The van der Waals surface area contributed by atoms with Crippen LogP contribution in [0.5, 0.6) is 0 Å². The van der Waals surface area contributed by atoms with Crippen LogP contribution < -0.4 is 4.90 Å². The molecule has 1 saturated heterocycles. The Bertz CT molecular complexity index is 408. The highest BCUT2D eigenvalue weighted by Gasteiger charge is 2.28. The quantitative estimate of drug-likeness (QED) is 0.913. The fourth-order valence-electron chi connectivity index (χ4n) is 2.56. The molecule has 0 bridgehead atoms. The third kappa shape index (κ3) is 2.69. The largest absolute Gasteiger partial charge is 0.385 e. The number of aryl methyl sites for hydroxylation is 1. The Balaban J connectivity index is 2.31. The van der Waals surface area contributed by atoms with E-state index in [1.165, 1.54) is 19.3 Å². The van der Waals surface area contributed by atoms with Crippen molar-refractivity contribution in [1.29, 1.82) is 0 Å². The molecule has 1 fully saturated rings. The second-order valence-electron chi connectivity index (χ2n) is 5.72. The van der Waals surface area contributed by atoms with Gasteiger partial charge in [0.15, 0.2) is 5.13 Å². The summed E-state index contributed by atoms with van der Waals surface area (Å²) in [4.78, 5) is 8.18. The predicted molar refractivity (Wildman–Crippen MR) is 77.4 cm³/mol. The Morgan fingerprint density at radius 1 is 1.44 bits per heavy atom. The van der Waals surface area contributed by atoms with Crippen LogP contribution in [-0.4, -0.2) is 22.7 Å². The summed E-state index contributed by atoms with van der Waals surface area (Å²) >= 11 is 1.67. The topological polar surface area (TPSA) is 36.4 Å². The molecule has 4 heteroatoms. The van der Waals surface area contributed by atoms with Gasteiger partial charge in [-0.1, -0.05) is 18.3 Å². The zero-order valence-corrected chi connectivity index (χ0v) is 12.7. The van der Waals surface area contributed by atoms with E-state index in [9.17, 15) is 5.11 Å². The van der Waals surface area contributed by atoms with Crippen molar-refractivity contribution in [2.75, 3.05) is 11.4 Å². The number of nitrogens with zero attached hydrogens (tertiary/aromatic N) is 2. The van der Waals surface area contributed by atoms with Crippen LogP contribution in [0.4, 0.5) is 5.13 Å². The van der Waals surface area contributed by atoms with Gasteiger partial charge in [0.05, 0.1) is 16.2 Å². The zero-order chi connectivity index (χ0) is 13.3. The summed E-state index contributed by atoms with van der Waals surface area (Å²) in [6.07, 6.45) is 4.71. The van der Waals surface area contributed by atoms with Crippen molar-refractivity contribution in [3.8, 4) is 0 Å². The van der Waals surface area contributed by atoms with Crippen molar-refractivity contribution < 1.29 is 5.11 Å². The van der Waals surface area contributed by atoms with E-state index >= 15 is 0 Å². The first kappa shape index (κ1) is 13.8. The minimum Gasteiger partial charge on any atom is -0.385 e. The Kier molecular flexibility index (Phi) is 3.97. The SMILES string of the molecule is CCc1nc(N2CCCCC2C)sc1C(C)(C)O. The molecule has 1 aromatic heterocycles. The van der Waals surface area contributed by atoms with E-state index in [4.69, 9.17) is 4.98 Å². The first-order valence-electron chi connectivity index (χ1n) is 6.92. The van der Waals surface area contributed by atoms with Crippen molar-refractivity contribution in [1.82, 2.24) is 4.98 Å². The molecule has 0 radical (unpaired) electrons. The molecule has 1 N–H and O–H groups in total. The average Bonchev–Trinajstić information content (AvgIpc) is 2.73. The predicted octanol–water partition coefficient (Wildman–Crippen LogP) is 3.31. The summed E-state index contributed by atoms with van der Waals surface area (Å²) in [5.41, 5.74) is 0.278. The zero-order valence-electron chi connectivity index (χ0n) is 11.9. The van der Waals surface area contributed by atoms with Crippen molar-refractivity contribution in [3.05, 3.63) is 10.6 Å². The van der Waals surface area contributed by atoms with E-state index in [1.807, 2.05) is 13.8 Å². The van der Waals surface area contributed by atoms with E-state index in [2.05, 4.69) is 18.7 Å². The second kappa shape index (κ2) is 5.17. The lowest BCUT2D eigenvalue weighted by molar-refractivity contribution is 0.0814. The number of hydrogen-bond donors (Lipinski definition) is 1. The molecule has 18 heavy (non-hydrogen) atoms. The Hall–Kier alpha value is -0.610. The molecule has 0 amide bonds. The van der Waals surface area contributed by atoms with Crippen LogP contribution in [0.3, 0.4) is 0 Å². The molecule has 0 aliphatic carbocycles. The summed E-state index contributed by atoms with van der Waals surface area (Å²) in [5.74, 6) is 0. The molecule has 0 aromatic carbocycles. The van der Waals surface area contributed by atoms with Crippen LogP contribution in [0, 0.1) is 0 Å². The minimum absolute atomic E-state index is 0.573. The van der Waals surface area contributed by atoms with E-state index in [0.29, 0.717) is 6.04 Å². The molecule has 2 rings (SSSR count). The third-order valence-electron chi connectivity index (χ3n) is 3.63. The molecule has 1 aromatic rings. The fraction of sp³-hybridized carbons (Fsp3) is 0.786. The van der Waals surface area contributed by atoms with Gasteiger partial charge < -0.3 is 10.0 Å². The molecule has 1 unspecified atom stereocenters. The number of aliphatic hydroxyl groups is 1. The van der Waals surface area contributed by atoms with Crippen molar-refractivity contribution in [2.45, 2.75) is 65.0 Å². The maximum Gasteiger partial charge on any atom is 0.186 e. The number of aromatic nitrogens is 1. The van der Waals surface area contributed by atoms with Crippen LogP contribution >= 0.6 is 11.3 Å². The van der Waals surface area contributed by atoms with E-state index in [0.717, 1.165) is 28.7 Å². The van der Waals surface area contributed by atoms with Gasteiger partial charge in [-0.3, -0.25) is 0 Å². The molecule has 1 aliphatic rings. The van der Waals surface area contributed by atoms with Gasteiger partial charge in [-0.2, -0.15) is 0 Å². The van der Waals surface area contributed by atoms with Gasteiger partial charge in [-0.05, 0) is 46.5 Å². The van der Waals surface area contributed by atoms with Gasteiger partial charge in [0.25, 0.3) is 0 Å². The highest BCUT2D eigenvalue weighted by molar-refractivity contribution is 7.15. The van der Waals surface area contributed by atoms with Crippen LogP contribution in [0.25, 0.3) is 0 Å². The molecule has 0 spiro atoms. The normalized spacial score (nSPS) is 21.4. The molecule has 1 atom stereocenters. The summed E-state index contributed by atoms with van der Waals surface area (Å²) in [5, 5.41) is 11.3. The first-order chi connectivity index (χ1) is 8.43. The van der Waals surface area contributed by atoms with Gasteiger partial charge in [0.2, 0.25) is 0 Å². The molecular formula is C14H24N2OS. The van der Waals surface area contributed by atoms with Crippen LogP contribution in [-0.2, 0) is 12.0 Å². The third-order valence-corrected chi connectivity index (χ3v) is 5.07. The minimum atomic E-state index is -0.777. The van der Waals surface area contributed by atoms with Crippen LogP contribution in [0.15, 0.2) is 0 Å². The lowest BCUT2D eigenvalue weighted by Gasteiger charge is -2.33. The van der Waals surface area contributed by atoms with Crippen LogP contribution in [0.1, 0.15) is 57.5 Å². The van der Waals surface area contributed by atoms with Gasteiger partial charge in [-0.15, -0.1) is 0 Å².